The summed E-state index contributed by atoms with van der Waals surface area (Å²) in [6.07, 6.45) is 16.7. The van der Waals surface area contributed by atoms with Crippen molar-refractivity contribution in [2.75, 3.05) is 13.2 Å². The second-order valence-corrected chi connectivity index (χ2v) is 9.50. The van der Waals surface area contributed by atoms with Crippen molar-refractivity contribution in [1.29, 1.82) is 0 Å². The molecule has 206 valence electrons. The van der Waals surface area contributed by atoms with Crippen LogP contribution in [-0.4, -0.2) is 33.1 Å². The van der Waals surface area contributed by atoms with Gasteiger partial charge in [0.25, 0.3) is 0 Å². The van der Waals surface area contributed by atoms with E-state index < -0.39 is 11.9 Å². The summed E-state index contributed by atoms with van der Waals surface area (Å²) in [6.45, 7) is 5.40. The molecule has 8 heteroatoms. The fraction of sp³-hybridized carbons (Fsp3) is 0.533. The first-order chi connectivity index (χ1) is 18.6. The van der Waals surface area contributed by atoms with Crippen LogP contribution in [0.4, 0.5) is 8.78 Å². The summed E-state index contributed by atoms with van der Waals surface area (Å²) in [5.74, 6) is -0.722. The normalized spacial score (nSPS) is 11.1. The zero-order valence-corrected chi connectivity index (χ0v) is 22.7. The molecule has 0 N–H and O–H groups in total. The van der Waals surface area contributed by atoms with Gasteiger partial charge in [-0.15, -0.1) is 0 Å². The molecule has 0 bridgehead atoms. The minimum absolute atomic E-state index is 0.153. The molecule has 3 heterocycles. The van der Waals surface area contributed by atoms with Crippen molar-refractivity contribution in [3.05, 3.63) is 48.6 Å². The van der Waals surface area contributed by atoms with Crippen LogP contribution < -0.4 is 9.47 Å². The van der Waals surface area contributed by atoms with Crippen LogP contribution in [-0.2, 0) is 0 Å². The van der Waals surface area contributed by atoms with Gasteiger partial charge in [-0.2, -0.15) is 18.7 Å². The van der Waals surface area contributed by atoms with Crippen LogP contribution in [0.2, 0.25) is 0 Å². The standard InChI is InChI=1S/C30H40F2N4O2/c1-3-5-7-9-11-13-19-37-26-17-15-24(28(31)35-26)23-21-33-30(34-22-23)25-16-18-27(36-29(25)32)38-20-14-12-10-8-6-4-2/h15-18,21-22H,3-14,19-20H2,1-2H3. The number of pyridine rings is 2. The van der Waals surface area contributed by atoms with Crippen LogP contribution in [0.1, 0.15) is 90.9 Å². The van der Waals surface area contributed by atoms with E-state index in [2.05, 4.69) is 33.8 Å². The maximum absolute atomic E-state index is 14.7. The van der Waals surface area contributed by atoms with E-state index in [0.29, 0.717) is 18.8 Å². The highest BCUT2D eigenvalue weighted by atomic mass is 19.1. The summed E-state index contributed by atoms with van der Waals surface area (Å²) < 4.78 is 40.5. The van der Waals surface area contributed by atoms with Crippen LogP contribution in [0.25, 0.3) is 22.5 Å². The molecule has 3 rings (SSSR count). The largest absolute Gasteiger partial charge is 0.478 e. The van der Waals surface area contributed by atoms with Gasteiger partial charge in [0, 0.05) is 35.7 Å². The van der Waals surface area contributed by atoms with Gasteiger partial charge >= 0.3 is 0 Å². The summed E-state index contributed by atoms with van der Waals surface area (Å²) in [5, 5.41) is 0. The van der Waals surface area contributed by atoms with Gasteiger partial charge in [0.2, 0.25) is 23.7 Å². The van der Waals surface area contributed by atoms with Crippen molar-refractivity contribution in [3.8, 4) is 34.3 Å². The molecule has 0 aromatic carbocycles. The third-order valence-corrected chi connectivity index (χ3v) is 6.35. The number of aromatic nitrogens is 4. The van der Waals surface area contributed by atoms with E-state index in [-0.39, 0.29) is 28.7 Å². The van der Waals surface area contributed by atoms with Crippen LogP contribution >= 0.6 is 0 Å². The molecular formula is C30H40F2N4O2. The van der Waals surface area contributed by atoms with Crippen molar-refractivity contribution >= 4 is 0 Å². The first-order valence-corrected chi connectivity index (χ1v) is 14.0. The Balaban J connectivity index is 1.51. The number of unbranched alkanes of at least 4 members (excludes halogenated alkanes) is 10. The molecule has 0 saturated heterocycles. The van der Waals surface area contributed by atoms with Crippen molar-refractivity contribution < 1.29 is 18.3 Å². The van der Waals surface area contributed by atoms with Crippen LogP contribution in [0.15, 0.2) is 36.7 Å². The van der Waals surface area contributed by atoms with Crippen LogP contribution in [0.5, 0.6) is 11.8 Å². The summed E-state index contributed by atoms with van der Waals surface area (Å²) >= 11 is 0. The Morgan fingerprint density at radius 1 is 0.579 bits per heavy atom. The van der Waals surface area contributed by atoms with E-state index >= 15 is 0 Å². The van der Waals surface area contributed by atoms with Gasteiger partial charge in [-0.3, -0.25) is 0 Å². The quantitative estimate of drug-likeness (QED) is 0.122. The highest BCUT2D eigenvalue weighted by Gasteiger charge is 2.14. The summed E-state index contributed by atoms with van der Waals surface area (Å²) in [6, 6.07) is 6.39. The smallest absolute Gasteiger partial charge is 0.227 e. The molecule has 0 aliphatic carbocycles. The maximum atomic E-state index is 14.7. The Hall–Kier alpha value is -3.16. The molecule has 0 amide bonds. The molecule has 0 atom stereocenters. The average Bonchev–Trinajstić information content (AvgIpc) is 2.92. The highest BCUT2D eigenvalue weighted by molar-refractivity contribution is 5.63. The molecule has 0 saturated carbocycles. The SMILES string of the molecule is CCCCCCCCOc1ccc(-c2cnc(-c3ccc(OCCCCCCCC)nc3F)nc2)c(F)n1. The topological polar surface area (TPSA) is 70.0 Å². The first kappa shape index (κ1) is 29.4. The maximum Gasteiger partial charge on any atom is 0.227 e. The molecule has 0 aliphatic rings. The van der Waals surface area contributed by atoms with E-state index in [1.165, 1.54) is 63.8 Å². The number of ether oxygens (including phenoxy) is 2. The summed E-state index contributed by atoms with van der Waals surface area (Å²) in [4.78, 5) is 16.3. The van der Waals surface area contributed by atoms with E-state index in [0.717, 1.165) is 25.7 Å². The van der Waals surface area contributed by atoms with Crippen molar-refractivity contribution in [2.24, 2.45) is 0 Å². The Morgan fingerprint density at radius 3 is 1.50 bits per heavy atom. The summed E-state index contributed by atoms with van der Waals surface area (Å²) in [5.41, 5.74) is 0.842. The third-order valence-electron chi connectivity index (χ3n) is 6.35. The number of hydrogen-bond donors (Lipinski definition) is 0. The lowest BCUT2D eigenvalue weighted by Gasteiger charge is -2.09. The zero-order valence-electron chi connectivity index (χ0n) is 22.7. The summed E-state index contributed by atoms with van der Waals surface area (Å²) in [7, 11) is 0. The minimum atomic E-state index is -0.710. The molecule has 3 aromatic heterocycles. The lowest BCUT2D eigenvalue weighted by atomic mass is 10.1. The van der Waals surface area contributed by atoms with Crippen molar-refractivity contribution in [1.82, 2.24) is 19.9 Å². The lowest BCUT2D eigenvalue weighted by Crippen LogP contribution is -2.02. The van der Waals surface area contributed by atoms with E-state index in [1.54, 1.807) is 24.3 Å². The number of halogens is 2. The van der Waals surface area contributed by atoms with Crippen molar-refractivity contribution in [3.63, 3.8) is 0 Å². The Labute approximate surface area is 225 Å². The number of rotatable bonds is 18. The monoisotopic (exact) mass is 526 g/mol. The van der Waals surface area contributed by atoms with E-state index in [4.69, 9.17) is 9.47 Å². The van der Waals surface area contributed by atoms with Crippen LogP contribution in [0.3, 0.4) is 0 Å². The van der Waals surface area contributed by atoms with Gasteiger partial charge < -0.3 is 9.47 Å². The zero-order chi connectivity index (χ0) is 27.0. The molecule has 0 spiro atoms. The second kappa shape index (κ2) is 16.6. The molecule has 38 heavy (non-hydrogen) atoms. The number of nitrogens with zero attached hydrogens (tertiary/aromatic N) is 4. The van der Waals surface area contributed by atoms with Crippen LogP contribution in [0, 0.1) is 11.9 Å². The highest BCUT2D eigenvalue weighted by Crippen LogP contribution is 2.26. The Bertz CT molecular complexity index is 1010. The van der Waals surface area contributed by atoms with E-state index in [1.807, 2.05) is 0 Å². The van der Waals surface area contributed by atoms with Gasteiger partial charge in [-0.05, 0) is 25.0 Å². The molecule has 3 aromatic rings. The second-order valence-electron chi connectivity index (χ2n) is 9.50. The molecule has 0 radical (unpaired) electrons. The molecular weight excluding hydrogens is 486 g/mol. The van der Waals surface area contributed by atoms with Crippen molar-refractivity contribution in [2.45, 2.75) is 90.9 Å². The third kappa shape index (κ3) is 9.62. The average molecular weight is 527 g/mol. The van der Waals surface area contributed by atoms with Gasteiger partial charge in [0.15, 0.2) is 5.82 Å². The predicted molar refractivity (Wildman–Crippen MR) is 146 cm³/mol. The van der Waals surface area contributed by atoms with Gasteiger partial charge in [0.1, 0.15) is 0 Å². The molecule has 6 nitrogen and oxygen atoms in total. The lowest BCUT2D eigenvalue weighted by molar-refractivity contribution is 0.289. The van der Waals surface area contributed by atoms with Gasteiger partial charge in [0.05, 0.1) is 18.8 Å². The van der Waals surface area contributed by atoms with Gasteiger partial charge in [-0.1, -0.05) is 78.1 Å². The van der Waals surface area contributed by atoms with Gasteiger partial charge in [-0.25, -0.2) is 9.97 Å². The molecule has 0 aliphatic heterocycles. The fourth-order valence-corrected chi connectivity index (χ4v) is 4.10. The number of hydrogen-bond acceptors (Lipinski definition) is 6. The minimum Gasteiger partial charge on any atom is -0.478 e. The first-order valence-electron chi connectivity index (χ1n) is 14.0. The fourth-order valence-electron chi connectivity index (χ4n) is 4.10. The molecule has 0 fully saturated rings. The van der Waals surface area contributed by atoms with E-state index in [9.17, 15) is 8.78 Å². The Kier molecular flexibility index (Phi) is 12.9. The Morgan fingerprint density at radius 2 is 1.03 bits per heavy atom. The predicted octanol–water partition coefficient (Wildman–Crippen LogP) is 8.36. The molecule has 0 unspecified atom stereocenters.